The standard InChI is InChI=1S/C12H13F2N3O2/c1-7(18)12(19)11(17-6-15-5-16-17)9-3-2-8(13)4-10(9)14/h2-7,11-12,18-19H,1H3. The average molecular weight is 269 g/mol. The molecule has 3 unspecified atom stereocenters. The van der Waals surface area contributed by atoms with E-state index in [1.54, 1.807) is 0 Å². The second kappa shape index (κ2) is 5.41. The molecule has 0 amide bonds. The maximum atomic E-state index is 13.8. The van der Waals surface area contributed by atoms with Crippen LogP contribution in [0.15, 0.2) is 30.9 Å². The zero-order valence-electron chi connectivity index (χ0n) is 10.1. The quantitative estimate of drug-likeness (QED) is 0.864. The zero-order valence-corrected chi connectivity index (χ0v) is 10.1. The molecule has 1 heterocycles. The molecule has 0 fully saturated rings. The van der Waals surface area contributed by atoms with Gasteiger partial charge >= 0.3 is 0 Å². The first-order valence-corrected chi connectivity index (χ1v) is 5.66. The van der Waals surface area contributed by atoms with Crippen molar-refractivity contribution in [3.05, 3.63) is 48.1 Å². The number of benzene rings is 1. The van der Waals surface area contributed by atoms with Crippen LogP contribution in [0.5, 0.6) is 0 Å². The van der Waals surface area contributed by atoms with Gasteiger partial charge in [0.25, 0.3) is 0 Å². The molecule has 1 aromatic heterocycles. The Morgan fingerprint density at radius 3 is 2.53 bits per heavy atom. The molecule has 0 aliphatic carbocycles. The summed E-state index contributed by atoms with van der Waals surface area (Å²) in [6.45, 7) is 1.37. The van der Waals surface area contributed by atoms with Gasteiger partial charge in [0.2, 0.25) is 0 Å². The molecule has 5 nitrogen and oxygen atoms in total. The van der Waals surface area contributed by atoms with E-state index in [4.69, 9.17) is 0 Å². The summed E-state index contributed by atoms with van der Waals surface area (Å²) in [5.41, 5.74) is 0.0281. The third-order valence-corrected chi connectivity index (χ3v) is 2.82. The van der Waals surface area contributed by atoms with Crippen LogP contribution in [0.1, 0.15) is 18.5 Å². The molecular formula is C12H13F2N3O2. The molecule has 2 rings (SSSR count). The molecule has 0 aliphatic heterocycles. The first-order chi connectivity index (χ1) is 9.00. The summed E-state index contributed by atoms with van der Waals surface area (Å²) in [6.07, 6.45) is 0.0997. The van der Waals surface area contributed by atoms with E-state index in [0.717, 1.165) is 6.07 Å². The van der Waals surface area contributed by atoms with Crippen molar-refractivity contribution in [2.45, 2.75) is 25.2 Å². The van der Waals surface area contributed by atoms with Crippen LogP contribution in [0.3, 0.4) is 0 Å². The van der Waals surface area contributed by atoms with Gasteiger partial charge in [-0.05, 0) is 13.0 Å². The number of aliphatic hydroxyl groups is 2. The fourth-order valence-corrected chi connectivity index (χ4v) is 1.85. The highest BCUT2D eigenvalue weighted by Gasteiger charge is 2.29. The Morgan fingerprint density at radius 1 is 1.26 bits per heavy atom. The van der Waals surface area contributed by atoms with Crippen molar-refractivity contribution >= 4 is 0 Å². The fraction of sp³-hybridized carbons (Fsp3) is 0.333. The molecule has 1 aromatic carbocycles. The van der Waals surface area contributed by atoms with Gasteiger partial charge in [-0.1, -0.05) is 6.07 Å². The Kier molecular flexibility index (Phi) is 3.87. The van der Waals surface area contributed by atoms with Crippen molar-refractivity contribution in [1.82, 2.24) is 14.8 Å². The number of rotatable bonds is 4. The summed E-state index contributed by atoms with van der Waals surface area (Å²) in [6, 6.07) is 2.02. The molecule has 0 bridgehead atoms. The molecule has 0 aliphatic rings. The summed E-state index contributed by atoms with van der Waals surface area (Å²) in [5.74, 6) is -1.54. The van der Waals surface area contributed by atoms with Gasteiger partial charge < -0.3 is 10.2 Å². The lowest BCUT2D eigenvalue weighted by molar-refractivity contribution is 0.00350. The number of hydrogen-bond acceptors (Lipinski definition) is 4. The van der Waals surface area contributed by atoms with Crippen molar-refractivity contribution in [2.24, 2.45) is 0 Å². The van der Waals surface area contributed by atoms with E-state index in [-0.39, 0.29) is 5.56 Å². The van der Waals surface area contributed by atoms with Crippen LogP contribution in [0.2, 0.25) is 0 Å². The van der Waals surface area contributed by atoms with Crippen LogP contribution >= 0.6 is 0 Å². The number of aromatic nitrogens is 3. The van der Waals surface area contributed by atoms with Gasteiger partial charge in [0.05, 0.1) is 6.10 Å². The lowest BCUT2D eigenvalue weighted by atomic mass is 9.98. The minimum Gasteiger partial charge on any atom is -0.391 e. The topological polar surface area (TPSA) is 71.2 Å². The lowest BCUT2D eigenvalue weighted by Gasteiger charge is -2.25. The van der Waals surface area contributed by atoms with Crippen LogP contribution < -0.4 is 0 Å². The number of halogens is 2. The molecule has 19 heavy (non-hydrogen) atoms. The van der Waals surface area contributed by atoms with Gasteiger partial charge in [-0.3, -0.25) is 0 Å². The predicted octanol–water partition coefficient (Wildman–Crippen LogP) is 0.887. The van der Waals surface area contributed by atoms with E-state index in [1.165, 1.54) is 30.3 Å². The highest BCUT2D eigenvalue weighted by atomic mass is 19.1. The monoisotopic (exact) mass is 269 g/mol. The maximum Gasteiger partial charge on any atom is 0.137 e. The predicted molar refractivity (Wildman–Crippen MR) is 62.2 cm³/mol. The summed E-state index contributed by atoms with van der Waals surface area (Å²) in [5, 5.41) is 23.3. The summed E-state index contributed by atoms with van der Waals surface area (Å²) in [7, 11) is 0. The number of aliphatic hydroxyl groups excluding tert-OH is 2. The average Bonchev–Trinajstić information content (AvgIpc) is 2.85. The Morgan fingerprint density at radius 2 is 2.00 bits per heavy atom. The van der Waals surface area contributed by atoms with Crippen LogP contribution in [0.4, 0.5) is 8.78 Å². The third-order valence-electron chi connectivity index (χ3n) is 2.82. The summed E-state index contributed by atoms with van der Waals surface area (Å²) >= 11 is 0. The van der Waals surface area contributed by atoms with E-state index in [9.17, 15) is 19.0 Å². The molecule has 7 heteroatoms. The molecule has 3 atom stereocenters. The summed E-state index contributed by atoms with van der Waals surface area (Å²) < 4.78 is 28.0. The Labute approximate surface area is 108 Å². The molecule has 0 spiro atoms. The van der Waals surface area contributed by atoms with Crippen molar-refractivity contribution in [3.63, 3.8) is 0 Å². The van der Waals surface area contributed by atoms with Gasteiger partial charge in [-0.25, -0.2) is 18.4 Å². The molecule has 102 valence electrons. The van der Waals surface area contributed by atoms with Crippen LogP contribution in [0.25, 0.3) is 0 Å². The Hall–Kier alpha value is -1.86. The molecule has 2 aromatic rings. The van der Waals surface area contributed by atoms with Crippen LogP contribution in [-0.4, -0.2) is 37.2 Å². The normalized spacial score (nSPS) is 16.1. The largest absolute Gasteiger partial charge is 0.391 e. The molecule has 0 saturated heterocycles. The van der Waals surface area contributed by atoms with E-state index < -0.39 is 29.9 Å². The molecular weight excluding hydrogens is 256 g/mol. The highest BCUT2D eigenvalue weighted by molar-refractivity contribution is 5.24. The van der Waals surface area contributed by atoms with Gasteiger partial charge in [0.1, 0.15) is 36.4 Å². The Balaban J connectivity index is 2.48. The molecule has 0 radical (unpaired) electrons. The second-order valence-electron chi connectivity index (χ2n) is 4.22. The second-order valence-corrected chi connectivity index (χ2v) is 4.22. The number of nitrogens with zero attached hydrogens (tertiary/aromatic N) is 3. The minimum atomic E-state index is -1.30. The van der Waals surface area contributed by atoms with Gasteiger partial charge in [0, 0.05) is 11.6 Å². The number of hydrogen-bond donors (Lipinski definition) is 2. The summed E-state index contributed by atoms with van der Waals surface area (Å²) in [4.78, 5) is 3.72. The van der Waals surface area contributed by atoms with Crippen LogP contribution in [-0.2, 0) is 0 Å². The van der Waals surface area contributed by atoms with E-state index >= 15 is 0 Å². The van der Waals surface area contributed by atoms with Crippen LogP contribution in [0, 0.1) is 11.6 Å². The van der Waals surface area contributed by atoms with E-state index in [2.05, 4.69) is 10.1 Å². The third kappa shape index (κ3) is 2.77. The van der Waals surface area contributed by atoms with Crippen molar-refractivity contribution in [1.29, 1.82) is 0 Å². The van der Waals surface area contributed by atoms with E-state index in [0.29, 0.717) is 6.07 Å². The van der Waals surface area contributed by atoms with Crippen molar-refractivity contribution < 1.29 is 19.0 Å². The van der Waals surface area contributed by atoms with Crippen molar-refractivity contribution in [2.75, 3.05) is 0 Å². The first kappa shape index (κ1) is 13.6. The van der Waals surface area contributed by atoms with Gasteiger partial charge in [0.15, 0.2) is 0 Å². The highest BCUT2D eigenvalue weighted by Crippen LogP contribution is 2.26. The zero-order chi connectivity index (χ0) is 14.0. The van der Waals surface area contributed by atoms with Gasteiger partial charge in [-0.2, -0.15) is 5.10 Å². The Bertz CT molecular complexity index is 546. The van der Waals surface area contributed by atoms with Gasteiger partial charge in [-0.15, -0.1) is 0 Å². The maximum absolute atomic E-state index is 13.8. The minimum absolute atomic E-state index is 0.0281. The van der Waals surface area contributed by atoms with E-state index in [1.807, 2.05) is 0 Å². The smallest absolute Gasteiger partial charge is 0.137 e. The van der Waals surface area contributed by atoms with Crippen molar-refractivity contribution in [3.8, 4) is 0 Å². The molecule has 0 saturated carbocycles. The SMILES string of the molecule is CC(O)C(O)C(c1ccc(F)cc1F)n1cncn1. The molecule has 2 N–H and O–H groups in total. The fourth-order valence-electron chi connectivity index (χ4n) is 1.85. The first-order valence-electron chi connectivity index (χ1n) is 5.66. The lowest BCUT2D eigenvalue weighted by Crippen LogP contribution is -2.35.